The Labute approximate surface area is 120 Å². The maximum Gasteiger partial charge on any atom is 0.419 e. The summed E-state index contributed by atoms with van der Waals surface area (Å²) in [4.78, 5) is 11.7. The number of hydrogen-bond donors (Lipinski definition) is 2. The van der Waals surface area contributed by atoms with Crippen LogP contribution in [0.4, 0.5) is 17.6 Å². The molecule has 0 radical (unpaired) electrons. The van der Waals surface area contributed by atoms with Gasteiger partial charge in [-0.05, 0) is 30.5 Å². The molecule has 1 amide bonds. The fraction of sp³-hybridized carbons (Fsp3) is 0.500. The number of carbonyl (C=O) groups excluding carboxylic acids is 1. The average molecular weight is 307 g/mol. The van der Waals surface area contributed by atoms with E-state index in [4.69, 9.17) is 0 Å². The number of alkyl halides is 3. The molecule has 0 aliphatic rings. The predicted octanol–water partition coefficient (Wildman–Crippen LogP) is 2.98. The molecule has 21 heavy (non-hydrogen) atoms. The number of amides is 1. The summed E-state index contributed by atoms with van der Waals surface area (Å²) >= 11 is 0. The monoisotopic (exact) mass is 307 g/mol. The van der Waals surface area contributed by atoms with Gasteiger partial charge in [0.2, 0.25) is 0 Å². The highest BCUT2D eigenvalue weighted by Gasteiger charge is 2.34. The third-order valence-electron chi connectivity index (χ3n) is 2.78. The largest absolute Gasteiger partial charge is 0.419 e. The molecule has 1 rings (SSSR count). The van der Waals surface area contributed by atoms with Crippen LogP contribution in [-0.2, 0) is 6.18 Å². The summed E-state index contributed by atoms with van der Waals surface area (Å²) in [6, 6.07) is 2.02. The molecule has 7 heteroatoms. The standard InChI is InChI=1S/C14H17F4NO2/c1-8(2)5-10(20)7-19-13(21)9-3-4-12(15)11(6-9)14(16,17)18/h3-4,6,8,10,20H,5,7H2,1-2H3,(H,19,21). The number of nitrogens with one attached hydrogen (secondary N) is 1. The van der Waals surface area contributed by atoms with Crippen LogP contribution in [0.5, 0.6) is 0 Å². The molecule has 2 N–H and O–H groups in total. The summed E-state index contributed by atoms with van der Waals surface area (Å²) in [5.74, 6) is -2.00. The number of benzene rings is 1. The number of halogens is 4. The van der Waals surface area contributed by atoms with E-state index in [9.17, 15) is 27.5 Å². The zero-order valence-electron chi connectivity index (χ0n) is 11.7. The van der Waals surface area contributed by atoms with E-state index in [2.05, 4.69) is 5.32 Å². The van der Waals surface area contributed by atoms with Crippen molar-refractivity contribution in [3.63, 3.8) is 0 Å². The summed E-state index contributed by atoms with van der Waals surface area (Å²) in [5, 5.41) is 11.9. The molecule has 1 atom stereocenters. The minimum atomic E-state index is -4.86. The summed E-state index contributed by atoms with van der Waals surface area (Å²) in [5.41, 5.74) is -1.79. The molecule has 0 saturated heterocycles. The van der Waals surface area contributed by atoms with E-state index in [0.717, 1.165) is 6.07 Å². The van der Waals surface area contributed by atoms with Crippen molar-refractivity contribution >= 4 is 5.91 Å². The van der Waals surface area contributed by atoms with Crippen LogP contribution in [-0.4, -0.2) is 23.7 Å². The Balaban J connectivity index is 2.75. The number of rotatable bonds is 5. The van der Waals surface area contributed by atoms with E-state index in [1.807, 2.05) is 13.8 Å². The Morgan fingerprint density at radius 1 is 1.33 bits per heavy atom. The van der Waals surface area contributed by atoms with E-state index < -0.39 is 29.6 Å². The van der Waals surface area contributed by atoms with Crippen molar-refractivity contribution in [1.29, 1.82) is 0 Å². The van der Waals surface area contributed by atoms with Crippen molar-refractivity contribution in [2.75, 3.05) is 6.54 Å². The molecular formula is C14H17F4NO2. The smallest absolute Gasteiger partial charge is 0.391 e. The normalized spacial score (nSPS) is 13.3. The summed E-state index contributed by atoms with van der Waals surface area (Å²) in [7, 11) is 0. The fourth-order valence-corrected chi connectivity index (χ4v) is 1.82. The van der Waals surface area contributed by atoms with Crippen molar-refractivity contribution in [3.05, 3.63) is 35.1 Å². The van der Waals surface area contributed by atoms with E-state index >= 15 is 0 Å². The molecule has 0 fully saturated rings. The molecule has 0 aliphatic heterocycles. The Bertz CT molecular complexity index is 500. The topological polar surface area (TPSA) is 49.3 Å². The maximum atomic E-state index is 13.1. The third kappa shape index (κ3) is 5.34. The summed E-state index contributed by atoms with van der Waals surface area (Å²) < 4.78 is 50.7. The fourth-order valence-electron chi connectivity index (χ4n) is 1.82. The van der Waals surface area contributed by atoms with Gasteiger partial charge in [0.05, 0.1) is 11.7 Å². The highest BCUT2D eigenvalue weighted by atomic mass is 19.4. The summed E-state index contributed by atoms with van der Waals surface area (Å²) in [6.45, 7) is 3.71. The van der Waals surface area contributed by atoms with Gasteiger partial charge in [0.15, 0.2) is 0 Å². The van der Waals surface area contributed by atoms with Gasteiger partial charge in [0, 0.05) is 12.1 Å². The van der Waals surface area contributed by atoms with Gasteiger partial charge in [-0.15, -0.1) is 0 Å². The van der Waals surface area contributed by atoms with Gasteiger partial charge in [-0.25, -0.2) is 4.39 Å². The van der Waals surface area contributed by atoms with Gasteiger partial charge in [-0.1, -0.05) is 13.8 Å². The first-order valence-electron chi connectivity index (χ1n) is 6.44. The van der Waals surface area contributed by atoms with Crippen molar-refractivity contribution in [1.82, 2.24) is 5.32 Å². The first kappa shape index (κ1) is 17.4. The Morgan fingerprint density at radius 2 is 1.95 bits per heavy atom. The maximum absolute atomic E-state index is 13.1. The van der Waals surface area contributed by atoms with Crippen LogP contribution in [0.1, 0.15) is 36.2 Å². The van der Waals surface area contributed by atoms with Gasteiger partial charge >= 0.3 is 6.18 Å². The van der Waals surface area contributed by atoms with Crippen LogP contribution < -0.4 is 5.32 Å². The van der Waals surface area contributed by atoms with Gasteiger partial charge < -0.3 is 10.4 Å². The Kier molecular flexibility index (Phi) is 5.71. The molecule has 0 aliphatic carbocycles. The number of carbonyl (C=O) groups is 1. The average Bonchev–Trinajstić information content (AvgIpc) is 2.34. The van der Waals surface area contributed by atoms with E-state index in [-0.39, 0.29) is 18.0 Å². The van der Waals surface area contributed by atoms with Crippen LogP contribution in [0.15, 0.2) is 18.2 Å². The predicted molar refractivity (Wildman–Crippen MR) is 69.2 cm³/mol. The van der Waals surface area contributed by atoms with Crippen molar-refractivity contribution in [2.45, 2.75) is 32.5 Å². The molecule has 0 bridgehead atoms. The van der Waals surface area contributed by atoms with Crippen LogP contribution in [0.2, 0.25) is 0 Å². The molecule has 0 aromatic heterocycles. The quantitative estimate of drug-likeness (QED) is 0.822. The molecule has 0 heterocycles. The van der Waals surface area contributed by atoms with Crippen LogP contribution in [0.25, 0.3) is 0 Å². The third-order valence-corrected chi connectivity index (χ3v) is 2.78. The number of aliphatic hydroxyl groups excluding tert-OH is 1. The van der Waals surface area contributed by atoms with Crippen molar-refractivity contribution < 1.29 is 27.5 Å². The molecule has 1 aromatic carbocycles. The molecule has 0 spiro atoms. The molecule has 118 valence electrons. The lowest BCUT2D eigenvalue weighted by molar-refractivity contribution is -0.140. The van der Waals surface area contributed by atoms with E-state index in [0.29, 0.717) is 18.6 Å². The molecule has 1 unspecified atom stereocenters. The SMILES string of the molecule is CC(C)CC(O)CNC(=O)c1ccc(F)c(C(F)(F)F)c1. The lowest BCUT2D eigenvalue weighted by Gasteiger charge is -2.14. The summed E-state index contributed by atoms with van der Waals surface area (Å²) in [6.07, 6.45) is -5.19. The van der Waals surface area contributed by atoms with E-state index in [1.54, 1.807) is 0 Å². The highest BCUT2D eigenvalue weighted by Crippen LogP contribution is 2.31. The molecule has 1 aromatic rings. The second-order valence-corrected chi connectivity index (χ2v) is 5.19. The molecule has 0 saturated carbocycles. The highest BCUT2D eigenvalue weighted by molar-refractivity contribution is 5.94. The van der Waals surface area contributed by atoms with Gasteiger partial charge in [-0.3, -0.25) is 4.79 Å². The zero-order chi connectivity index (χ0) is 16.2. The van der Waals surface area contributed by atoms with Crippen LogP contribution >= 0.6 is 0 Å². The molecule has 3 nitrogen and oxygen atoms in total. The molecular weight excluding hydrogens is 290 g/mol. The number of hydrogen-bond acceptors (Lipinski definition) is 2. The van der Waals surface area contributed by atoms with Crippen LogP contribution in [0.3, 0.4) is 0 Å². The second kappa shape index (κ2) is 6.89. The Morgan fingerprint density at radius 3 is 2.48 bits per heavy atom. The van der Waals surface area contributed by atoms with E-state index in [1.165, 1.54) is 0 Å². The Hall–Kier alpha value is -1.63. The van der Waals surface area contributed by atoms with Gasteiger partial charge in [0.25, 0.3) is 5.91 Å². The van der Waals surface area contributed by atoms with Crippen molar-refractivity contribution in [2.24, 2.45) is 5.92 Å². The van der Waals surface area contributed by atoms with Gasteiger partial charge in [0.1, 0.15) is 5.82 Å². The lowest BCUT2D eigenvalue weighted by atomic mass is 10.1. The first-order valence-corrected chi connectivity index (χ1v) is 6.44. The second-order valence-electron chi connectivity index (χ2n) is 5.19. The zero-order valence-corrected chi connectivity index (χ0v) is 11.7. The minimum absolute atomic E-state index is 0.0737. The number of aliphatic hydroxyl groups is 1. The van der Waals surface area contributed by atoms with Crippen molar-refractivity contribution in [3.8, 4) is 0 Å². The minimum Gasteiger partial charge on any atom is -0.391 e. The lowest BCUT2D eigenvalue weighted by Crippen LogP contribution is -2.33. The van der Waals surface area contributed by atoms with Gasteiger partial charge in [-0.2, -0.15) is 13.2 Å². The van der Waals surface area contributed by atoms with Crippen LogP contribution in [0, 0.1) is 11.7 Å². The first-order chi connectivity index (χ1) is 9.61.